The summed E-state index contributed by atoms with van der Waals surface area (Å²) in [5, 5.41) is 3.40. The summed E-state index contributed by atoms with van der Waals surface area (Å²) in [7, 11) is -1.55. The largest absolute Gasteiger partial charge is 0.414 e. The summed E-state index contributed by atoms with van der Waals surface area (Å²) in [6, 6.07) is 10.4. The van der Waals surface area contributed by atoms with E-state index in [0.29, 0.717) is 0 Å². The van der Waals surface area contributed by atoms with Crippen molar-refractivity contribution in [1.82, 2.24) is 5.32 Å². The molecule has 17 heavy (non-hydrogen) atoms. The third kappa shape index (κ3) is 6.41. The van der Waals surface area contributed by atoms with Crippen LogP contribution in [0.5, 0.6) is 0 Å². The lowest BCUT2D eigenvalue weighted by atomic mass is 10.2. The van der Waals surface area contributed by atoms with Gasteiger partial charge in [-0.3, -0.25) is 0 Å². The molecule has 0 aliphatic carbocycles. The minimum atomic E-state index is -1.55. The van der Waals surface area contributed by atoms with Crippen LogP contribution in [0.4, 0.5) is 0 Å². The van der Waals surface area contributed by atoms with Gasteiger partial charge in [-0.1, -0.05) is 42.1 Å². The molecule has 0 saturated heterocycles. The minimum Gasteiger partial charge on any atom is -0.414 e. The molecule has 0 spiro atoms. The maximum atomic E-state index is 5.72. The van der Waals surface area contributed by atoms with Gasteiger partial charge in [0.25, 0.3) is 0 Å². The van der Waals surface area contributed by atoms with Crippen LogP contribution < -0.4 is 5.32 Å². The predicted octanol–water partition coefficient (Wildman–Crippen LogP) is 3.11. The molecule has 0 heterocycles. The second-order valence-electron chi connectivity index (χ2n) is 4.56. The molecule has 0 unspecified atom stereocenters. The number of hydrogen-bond donors (Lipinski definition) is 1. The Hall–Kier alpha value is -0.903. The first-order valence-electron chi connectivity index (χ1n) is 6.20. The van der Waals surface area contributed by atoms with Crippen LogP contribution in [0.25, 0.3) is 0 Å². The Bertz CT molecular complexity index is 335. The van der Waals surface area contributed by atoms with Gasteiger partial charge in [0.1, 0.15) is 0 Å². The van der Waals surface area contributed by atoms with Gasteiger partial charge in [-0.25, -0.2) is 0 Å². The lowest BCUT2D eigenvalue weighted by Crippen LogP contribution is -2.28. The molecule has 2 nitrogen and oxygen atoms in total. The van der Waals surface area contributed by atoms with Gasteiger partial charge in [0.15, 0.2) is 0 Å². The zero-order valence-corrected chi connectivity index (χ0v) is 12.1. The average Bonchev–Trinajstić information content (AvgIpc) is 2.30. The molecule has 1 rings (SSSR count). The summed E-state index contributed by atoms with van der Waals surface area (Å²) in [5.74, 6) is 0. The maximum Gasteiger partial charge on any atom is 0.210 e. The zero-order valence-electron chi connectivity index (χ0n) is 11.1. The molecule has 0 aliphatic heterocycles. The van der Waals surface area contributed by atoms with Crippen molar-refractivity contribution in [1.29, 1.82) is 0 Å². The number of benzene rings is 1. The van der Waals surface area contributed by atoms with E-state index in [9.17, 15) is 0 Å². The van der Waals surface area contributed by atoms with Crippen molar-refractivity contribution in [2.24, 2.45) is 0 Å². The molecule has 0 saturated carbocycles. The smallest absolute Gasteiger partial charge is 0.210 e. The fourth-order valence-electron chi connectivity index (χ4n) is 1.66. The summed E-state index contributed by atoms with van der Waals surface area (Å²) in [4.78, 5) is 0. The molecule has 94 valence electrons. The van der Waals surface area contributed by atoms with Gasteiger partial charge in [-0.2, -0.15) is 0 Å². The molecular weight excluding hydrogens is 226 g/mol. The van der Waals surface area contributed by atoms with Crippen molar-refractivity contribution in [3.8, 4) is 0 Å². The Morgan fingerprint density at radius 2 is 1.94 bits per heavy atom. The summed E-state index contributed by atoms with van der Waals surface area (Å²) in [6.45, 7) is 9.10. The van der Waals surface area contributed by atoms with Crippen LogP contribution in [0.1, 0.15) is 12.5 Å². The van der Waals surface area contributed by atoms with Gasteiger partial charge in [-0.05, 0) is 25.6 Å². The van der Waals surface area contributed by atoms with E-state index in [2.05, 4.69) is 61.4 Å². The van der Waals surface area contributed by atoms with Gasteiger partial charge < -0.3 is 9.74 Å². The van der Waals surface area contributed by atoms with E-state index in [4.69, 9.17) is 4.43 Å². The molecular formula is C14H23NOSi. The summed E-state index contributed by atoms with van der Waals surface area (Å²) in [6.07, 6.45) is 2.19. The minimum absolute atomic E-state index is 0.807. The fraction of sp³-hybridized carbons (Fsp3) is 0.429. The first kappa shape index (κ1) is 14.2. The van der Waals surface area contributed by atoms with Crippen LogP contribution in [0.2, 0.25) is 13.1 Å². The standard InChI is InChI=1S/C14H23NOSi/c1-4-16-17(2,3)12-8-11-15-13-14-9-6-5-7-10-14/h5-10,12,15H,4,11,13H2,1-3H3. The fourth-order valence-corrected chi connectivity index (χ4v) is 3.18. The molecule has 1 N–H and O–H groups in total. The van der Waals surface area contributed by atoms with Crippen molar-refractivity contribution in [2.45, 2.75) is 26.6 Å². The first-order valence-corrected chi connectivity index (χ1v) is 9.19. The molecule has 0 aromatic heterocycles. The van der Waals surface area contributed by atoms with Crippen LogP contribution in [0.3, 0.4) is 0 Å². The van der Waals surface area contributed by atoms with Crippen molar-refractivity contribution in [3.05, 3.63) is 47.7 Å². The predicted molar refractivity (Wildman–Crippen MR) is 76.4 cm³/mol. The van der Waals surface area contributed by atoms with Crippen LogP contribution in [0.15, 0.2) is 42.1 Å². The topological polar surface area (TPSA) is 21.3 Å². The molecule has 0 atom stereocenters. The quantitative estimate of drug-likeness (QED) is 0.592. The van der Waals surface area contributed by atoms with Gasteiger partial charge in [0.05, 0.1) is 0 Å². The van der Waals surface area contributed by atoms with Gasteiger partial charge >= 0.3 is 0 Å². The Morgan fingerprint density at radius 3 is 2.59 bits per heavy atom. The highest BCUT2D eigenvalue weighted by molar-refractivity contribution is 6.76. The van der Waals surface area contributed by atoms with Crippen LogP contribution in [-0.4, -0.2) is 21.5 Å². The highest BCUT2D eigenvalue weighted by Gasteiger charge is 2.16. The molecule has 3 heteroatoms. The van der Waals surface area contributed by atoms with E-state index in [-0.39, 0.29) is 0 Å². The molecule has 0 amide bonds. The Morgan fingerprint density at radius 1 is 1.24 bits per heavy atom. The van der Waals surface area contributed by atoms with E-state index in [1.807, 2.05) is 6.07 Å². The van der Waals surface area contributed by atoms with Gasteiger partial charge in [-0.15, -0.1) is 0 Å². The second-order valence-corrected chi connectivity index (χ2v) is 8.38. The van der Waals surface area contributed by atoms with Gasteiger partial charge in [0.2, 0.25) is 8.32 Å². The van der Waals surface area contributed by atoms with E-state index in [0.717, 1.165) is 19.7 Å². The SMILES string of the molecule is CCO[Si](C)(C)C=CCNCc1ccccc1. The highest BCUT2D eigenvalue weighted by atomic mass is 28.4. The summed E-state index contributed by atoms with van der Waals surface area (Å²) in [5.41, 5.74) is 3.57. The number of hydrogen-bond acceptors (Lipinski definition) is 2. The van der Waals surface area contributed by atoms with Crippen LogP contribution in [-0.2, 0) is 11.0 Å². The van der Waals surface area contributed by atoms with Crippen molar-refractivity contribution in [3.63, 3.8) is 0 Å². The normalized spacial score (nSPS) is 12.2. The summed E-state index contributed by atoms with van der Waals surface area (Å²) < 4.78 is 5.72. The molecule has 1 aromatic carbocycles. The third-order valence-electron chi connectivity index (χ3n) is 2.47. The number of nitrogens with one attached hydrogen (secondary N) is 1. The van der Waals surface area contributed by atoms with Crippen molar-refractivity contribution < 1.29 is 4.43 Å². The number of rotatable bonds is 7. The van der Waals surface area contributed by atoms with E-state index in [1.165, 1.54) is 5.56 Å². The second kappa shape index (κ2) is 7.43. The maximum absolute atomic E-state index is 5.72. The molecule has 0 fully saturated rings. The molecule has 1 aromatic rings. The first-order chi connectivity index (χ1) is 8.14. The average molecular weight is 249 g/mol. The Kier molecular flexibility index (Phi) is 6.19. The van der Waals surface area contributed by atoms with Crippen LogP contribution >= 0.6 is 0 Å². The van der Waals surface area contributed by atoms with E-state index < -0.39 is 8.32 Å². The lowest BCUT2D eigenvalue weighted by molar-refractivity contribution is 0.338. The van der Waals surface area contributed by atoms with Crippen LogP contribution in [0, 0.1) is 0 Å². The van der Waals surface area contributed by atoms with Crippen molar-refractivity contribution >= 4 is 8.32 Å². The van der Waals surface area contributed by atoms with E-state index >= 15 is 0 Å². The van der Waals surface area contributed by atoms with E-state index in [1.54, 1.807) is 0 Å². The molecule has 0 bridgehead atoms. The monoisotopic (exact) mass is 249 g/mol. The van der Waals surface area contributed by atoms with Gasteiger partial charge in [0, 0.05) is 19.7 Å². The Labute approximate surface area is 106 Å². The zero-order chi connectivity index (χ0) is 12.6. The lowest BCUT2D eigenvalue weighted by Gasteiger charge is -2.16. The summed E-state index contributed by atoms with van der Waals surface area (Å²) >= 11 is 0. The third-order valence-corrected chi connectivity index (χ3v) is 4.54. The molecule has 0 aliphatic rings. The highest BCUT2D eigenvalue weighted by Crippen LogP contribution is 2.05. The molecule has 0 radical (unpaired) electrons. The van der Waals surface area contributed by atoms with Crippen molar-refractivity contribution in [2.75, 3.05) is 13.2 Å². The Balaban J connectivity index is 2.22.